The van der Waals surface area contributed by atoms with E-state index in [9.17, 15) is 9.59 Å². The molecule has 0 aliphatic rings. The Morgan fingerprint density at radius 3 is 2.39 bits per heavy atom. The number of aliphatic hydroxyl groups is 1. The number of allylic oxidation sites excluding steroid dienone is 1. The molecular formula is C30H35N3O5. The summed E-state index contributed by atoms with van der Waals surface area (Å²) in [5.74, 6) is 0.297. The van der Waals surface area contributed by atoms with Gasteiger partial charge in [-0.15, -0.1) is 0 Å². The van der Waals surface area contributed by atoms with E-state index in [-0.39, 0.29) is 25.0 Å². The summed E-state index contributed by atoms with van der Waals surface area (Å²) in [6.45, 7) is 4.10. The lowest BCUT2D eigenvalue weighted by molar-refractivity contribution is -0.111. The molecule has 0 radical (unpaired) electrons. The maximum absolute atomic E-state index is 12.8. The smallest absolute Gasteiger partial charge is 0.412 e. The van der Waals surface area contributed by atoms with Gasteiger partial charge in [-0.1, -0.05) is 55.0 Å². The molecule has 0 unspecified atom stereocenters. The second kappa shape index (κ2) is 14.4. The van der Waals surface area contributed by atoms with Crippen LogP contribution in [0.4, 0.5) is 21.9 Å². The van der Waals surface area contributed by atoms with Crippen molar-refractivity contribution in [3.05, 3.63) is 96.1 Å². The van der Waals surface area contributed by atoms with Crippen molar-refractivity contribution in [2.45, 2.75) is 32.8 Å². The molecule has 0 aromatic heterocycles. The molecule has 0 saturated heterocycles. The highest BCUT2D eigenvalue weighted by molar-refractivity contribution is 6.01. The molecule has 200 valence electrons. The summed E-state index contributed by atoms with van der Waals surface area (Å²) >= 11 is 0. The van der Waals surface area contributed by atoms with E-state index in [1.54, 1.807) is 42.5 Å². The quantitative estimate of drug-likeness (QED) is 0.177. The molecule has 2 amide bonds. The highest BCUT2D eigenvalue weighted by Crippen LogP contribution is 2.31. The minimum Gasteiger partial charge on any atom is -0.491 e. The SMILES string of the molecule is Cc1ccc(NC(=O)O[C@H](c2ccc(OCCO)cc2)[C@@H](C)CC/C=C/C(=O)Nc2ccccc2N)cc1. The number of hydrogen-bond donors (Lipinski definition) is 4. The van der Waals surface area contributed by atoms with Crippen LogP contribution in [0, 0.1) is 12.8 Å². The van der Waals surface area contributed by atoms with Gasteiger partial charge in [-0.25, -0.2) is 4.79 Å². The highest BCUT2D eigenvalue weighted by atomic mass is 16.6. The van der Waals surface area contributed by atoms with Crippen molar-refractivity contribution >= 4 is 29.1 Å². The number of para-hydroxylation sites is 2. The molecule has 0 saturated carbocycles. The van der Waals surface area contributed by atoms with Gasteiger partial charge in [0.05, 0.1) is 18.0 Å². The molecule has 8 heteroatoms. The molecule has 5 N–H and O–H groups in total. The number of carbonyl (C=O) groups excluding carboxylic acids is 2. The van der Waals surface area contributed by atoms with Crippen LogP contribution in [0.15, 0.2) is 84.9 Å². The first-order valence-electron chi connectivity index (χ1n) is 12.6. The van der Waals surface area contributed by atoms with Crippen LogP contribution in [-0.4, -0.2) is 30.3 Å². The first kappa shape index (κ1) is 28.3. The van der Waals surface area contributed by atoms with Crippen molar-refractivity contribution < 1.29 is 24.2 Å². The van der Waals surface area contributed by atoms with Gasteiger partial charge in [-0.05, 0) is 73.7 Å². The lowest BCUT2D eigenvalue weighted by Crippen LogP contribution is -2.22. The van der Waals surface area contributed by atoms with Crippen LogP contribution in [-0.2, 0) is 9.53 Å². The standard InChI is InChI=1S/C30H35N3O5/c1-21-11-15-24(16-12-21)32-30(36)38-29(23-13-17-25(18-14-23)37-20-19-34)22(2)7-3-6-10-28(35)33-27-9-5-4-8-26(27)31/h4-6,8-18,22,29,34H,3,7,19-20,31H2,1-2H3,(H,32,36)(H,33,35)/b10-6+/t22-,29-/m0/s1. The van der Waals surface area contributed by atoms with E-state index in [0.29, 0.717) is 35.7 Å². The van der Waals surface area contributed by atoms with Crippen molar-refractivity contribution in [2.75, 3.05) is 29.6 Å². The molecule has 0 fully saturated rings. The monoisotopic (exact) mass is 517 g/mol. The van der Waals surface area contributed by atoms with Gasteiger partial charge in [-0.2, -0.15) is 0 Å². The van der Waals surface area contributed by atoms with Crippen LogP contribution >= 0.6 is 0 Å². The fraction of sp³-hybridized carbons (Fsp3) is 0.267. The molecular weight excluding hydrogens is 482 g/mol. The van der Waals surface area contributed by atoms with Gasteiger partial charge < -0.3 is 25.6 Å². The van der Waals surface area contributed by atoms with Crippen molar-refractivity contribution in [1.82, 2.24) is 0 Å². The zero-order chi connectivity index (χ0) is 27.3. The predicted octanol–water partition coefficient (Wildman–Crippen LogP) is 5.85. The Morgan fingerprint density at radius 2 is 1.71 bits per heavy atom. The van der Waals surface area contributed by atoms with E-state index in [1.807, 2.05) is 50.2 Å². The average Bonchev–Trinajstić information content (AvgIpc) is 2.91. The summed E-state index contributed by atoms with van der Waals surface area (Å²) in [7, 11) is 0. The van der Waals surface area contributed by atoms with E-state index in [4.69, 9.17) is 20.3 Å². The van der Waals surface area contributed by atoms with Crippen molar-refractivity contribution in [2.24, 2.45) is 5.92 Å². The summed E-state index contributed by atoms with van der Waals surface area (Å²) in [5, 5.41) is 14.5. The third kappa shape index (κ3) is 8.97. The van der Waals surface area contributed by atoms with E-state index in [0.717, 1.165) is 11.1 Å². The number of rotatable bonds is 12. The van der Waals surface area contributed by atoms with Crippen LogP contribution in [0.25, 0.3) is 0 Å². The fourth-order valence-electron chi connectivity index (χ4n) is 3.82. The Kier molecular flexibility index (Phi) is 10.7. The molecule has 8 nitrogen and oxygen atoms in total. The first-order chi connectivity index (χ1) is 18.4. The van der Waals surface area contributed by atoms with Gasteiger partial charge >= 0.3 is 6.09 Å². The number of anilines is 3. The molecule has 2 atom stereocenters. The minimum absolute atomic E-state index is 0.0551. The molecule has 0 aliphatic heterocycles. The minimum atomic E-state index is -0.554. The summed E-state index contributed by atoms with van der Waals surface area (Å²) < 4.78 is 11.3. The fourth-order valence-corrected chi connectivity index (χ4v) is 3.82. The number of benzene rings is 3. The van der Waals surface area contributed by atoms with Crippen LogP contribution in [0.2, 0.25) is 0 Å². The second-order valence-electron chi connectivity index (χ2n) is 8.99. The van der Waals surface area contributed by atoms with Crippen molar-refractivity contribution in [3.63, 3.8) is 0 Å². The molecule has 3 rings (SSSR count). The van der Waals surface area contributed by atoms with Crippen molar-refractivity contribution in [1.29, 1.82) is 0 Å². The van der Waals surface area contributed by atoms with E-state index in [2.05, 4.69) is 10.6 Å². The summed E-state index contributed by atoms with van der Waals surface area (Å²) in [4.78, 5) is 25.0. The number of ether oxygens (including phenoxy) is 2. The van der Waals surface area contributed by atoms with Gasteiger partial charge in [0.15, 0.2) is 0 Å². The number of nitrogens with one attached hydrogen (secondary N) is 2. The largest absolute Gasteiger partial charge is 0.491 e. The zero-order valence-corrected chi connectivity index (χ0v) is 21.7. The van der Waals surface area contributed by atoms with Crippen LogP contribution < -0.4 is 21.1 Å². The Bertz CT molecular complexity index is 1210. The Hall–Kier alpha value is -4.30. The lowest BCUT2D eigenvalue weighted by Gasteiger charge is -2.25. The summed E-state index contributed by atoms with van der Waals surface area (Å²) in [5.41, 5.74) is 9.49. The third-order valence-electron chi connectivity index (χ3n) is 5.89. The van der Waals surface area contributed by atoms with Crippen LogP contribution in [0.1, 0.15) is 37.0 Å². The number of amides is 2. The number of nitrogens with two attached hydrogens (primary N) is 1. The number of hydrogen-bond acceptors (Lipinski definition) is 6. The molecule has 0 heterocycles. The number of aliphatic hydroxyl groups excluding tert-OH is 1. The maximum Gasteiger partial charge on any atom is 0.412 e. The molecule has 0 spiro atoms. The number of nitrogen functional groups attached to an aromatic ring is 1. The Labute approximate surface area is 223 Å². The lowest BCUT2D eigenvalue weighted by atomic mass is 9.93. The third-order valence-corrected chi connectivity index (χ3v) is 5.89. The molecule has 38 heavy (non-hydrogen) atoms. The van der Waals surface area contributed by atoms with E-state index >= 15 is 0 Å². The number of carbonyl (C=O) groups is 2. The molecule has 3 aromatic rings. The average molecular weight is 518 g/mol. The van der Waals surface area contributed by atoms with Gasteiger partial charge in [0.25, 0.3) is 0 Å². The number of aryl methyl sites for hydroxylation is 1. The molecule has 0 aliphatic carbocycles. The molecule has 0 bridgehead atoms. The normalized spacial score (nSPS) is 12.5. The van der Waals surface area contributed by atoms with Gasteiger partial charge in [-0.3, -0.25) is 10.1 Å². The summed E-state index contributed by atoms with van der Waals surface area (Å²) in [6.07, 6.45) is 3.46. The van der Waals surface area contributed by atoms with Crippen LogP contribution in [0.5, 0.6) is 5.75 Å². The second-order valence-corrected chi connectivity index (χ2v) is 8.99. The molecule has 3 aromatic carbocycles. The zero-order valence-electron chi connectivity index (χ0n) is 21.7. The van der Waals surface area contributed by atoms with Gasteiger partial charge in [0.2, 0.25) is 5.91 Å². The Morgan fingerprint density at radius 1 is 1.00 bits per heavy atom. The van der Waals surface area contributed by atoms with Crippen LogP contribution in [0.3, 0.4) is 0 Å². The Balaban J connectivity index is 1.63. The summed E-state index contributed by atoms with van der Waals surface area (Å²) in [6, 6.07) is 21.8. The highest BCUT2D eigenvalue weighted by Gasteiger charge is 2.23. The predicted molar refractivity (Wildman–Crippen MR) is 150 cm³/mol. The maximum atomic E-state index is 12.8. The first-order valence-corrected chi connectivity index (χ1v) is 12.6. The van der Waals surface area contributed by atoms with Gasteiger partial charge in [0.1, 0.15) is 18.5 Å². The van der Waals surface area contributed by atoms with Crippen molar-refractivity contribution in [3.8, 4) is 5.75 Å². The van der Waals surface area contributed by atoms with E-state index in [1.165, 1.54) is 6.08 Å². The topological polar surface area (TPSA) is 123 Å². The van der Waals surface area contributed by atoms with Gasteiger partial charge in [0, 0.05) is 5.69 Å². The van der Waals surface area contributed by atoms with E-state index < -0.39 is 12.2 Å².